The van der Waals surface area contributed by atoms with E-state index >= 15 is 0 Å². The van der Waals surface area contributed by atoms with Crippen molar-refractivity contribution < 1.29 is 0 Å². The maximum atomic E-state index is 12.5. The monoisotopic (exact) mass is 279 g/mol. The third kappa shape index (κ3) is 2.57. The van der Waals surface area contributed by atoms with E-state index in [0.29, 0.717) is 5.56 Å². The van der Waals surface area contributed by atoms with Crippen molar-refractivity contribution in [1.29, 1.82) is 0 Å². The second-order valence-corrected chi connectivity index (χ2v) is 5.08. The molecule has 21 heavy (non-hydrogen) atoms. The third-order valence-corrected chi connectivity index (χ3v) is 3.66. The number of aryl methyl sites for hydroxylation is 1. The molecule has 0 saturated carbocycles. The lowest BCUT2D eigenvalue weighted by Crippen LogP contribution is -2.13. The predicted molar refractivity (Wildman–Crippen MR) is 84.2 cm³/mol. The van der Waals surface area contributed by atoms with Crippen LogP contribution in [0.5, 0.6) is 0 Å². The van der Waals surface area contributed by atoms with Crippen LogP contribution in [0.1, 0.15) is 25.3 Å². The van der Waals surface area contributed by atoms with Gasteiger partial charge in [0.25, 0.3) is 5.56 Å². The molecule has 0 aliphatic heterocycles. The van der Waals surface area contributed by atoms with Crippen LogP contribution in [0, 0.1) is 0 Å². The SMILES string of the molecule is CCCCc1c(-c2cncnc2)c(=O)[nH]c2ccccc12. The zero-order valence-electron chi connectivity index (χ0n) is 12.0. The Kier molecular flexibility index (Phi) is 3.77. The number of aromatic amines is 1. The first kappa shape index (κ1) is 13.5. The van der Waals surface area contributed by atoms with Crippen molar-refractivity contribution >= 4 is 10.9 Å². The van der Waals surface area contributed by atoms with Crippen LogP contribution in [0.2, 0.25) is 0 Å². The fourth-order valence-electron chi connectivity index (χ4n) is 2.66. The second kappa shape index (κ2) is 5.87. The average molecular weight is 279 g/mol. The molecule has 2 aromatic heterocycles. The number of hydrogen-bond donors (Lipinski definition) is 1. The summed E-state index contributed by atoms with van der Waals surface area (Å²) in [6.07, 6.45) is 7.89. The van der Waals surface area contributed by atoms with Gasteiger partial charge in [0.1, 0.15) is 6.33 Å². The number of para-hydroxylation sites is 1. The molecule has 3 aromatic rings. The summed E-state index contributed by atoms with van der Waals surface area (Å²) in [6.45, 7) is 2.15. The highest BCUT2D eigenvalue weighted by atomic mass is 16.1. The topological polar surface area (TPSA) is 58.6 Å². The van der Waals surface area contributed by atoms with Gasteiger partial charge in [0.2, 0.25) is 0 Å². The Bertz CT molecular complexity index is 809. The summed E-state index contributed by atoms with van der Waals surface area (Å²) >= 11 is 0. The Morgan fingerprint density at radius 1 is 1.14 bits per heavy atom. The van der Waals surface area contributed by atoms with Gasteiger partial charge >= 0.3 is 0 Å². The second-order valence-electron chi connectivity index (χ2n) is 5.08. The van der Waals surface area contributed by atoms with Crippen molar-refractivity contribution in [2.75, 3.05) is 0 Å². The summed E-state index contributed by atoms with van der Waals surface area (Å²) in [6, 6.07) is 7.94. The molecule has 0 aliphatic carbocycles. The molecule has 0 saturated heterocycles. The molecule has 0 spiro atoms. The molecule has 2 heterocycles. The van der Waals surface area contributed by atoms with E-state index in [1.54, 1.807) is 12.4 Å². The van der Waals surface area contributed by atoms with E-state index < -0.39 is 0 Å². The molecular formula is C17H17N3O. The molecule has 0 atom stereocenters. The number of H-pyrrole nitrogens is 1. The van der Waals surface area contributed by atoms with Crippen LogP contribution in [-0.2, 0) is 6.42 Å². The number of fused-ring (bicyclic) bond motifs is 1. The van der Waals surface area contributed by atoms with Crippen molar-refractivity contribution in [2.45, 2.75) is 26.2 Å². The van der Waals surface area contributed by atoms with Gasteiger partial charge in [-0.1, -0.05) is 31.5 Å². The van der Waals surface area contributed by atoms with Gasteiger partial charge in [-0.2, -0.15) is 0 Å². The van der Waals surface area contributed by atoms with Gasteiger partial charge in [0.15, 0.2) is 0 Å². The molecule has 1 aromatic carbocycles. The fraction of sp³-hybridized carbons (Fsp3) is 0.235. The number of nitrogens with zero attached hydrogens (tertiary/aromatic N) is 2. The molecule has 0 bridgehead atoms. The van der Waals surface area contributed by atoms with Crippen molar-refractivity contribution in [1.82, 2.24) is 15.0 Å². The molecule has 4 heteroatoms. The lowest BCUT2D eigenvalue weighted by Gasteiger charge is -2.12. The van der Waals surface area contributed by atoms with E-state index in [2.05, 4.69) is 27.9 Å². The van der Waals surface area contributed by atoms with Crippen LogP contribution in [0.25, 0.3) is 22.0 Å². The maximum absolute atomic E-state index is 12.5. The van der Waals surface area contributed by atoms with E-state index in [0.717, 1.165) is 41.3 Å². The predicted octanol–water partition coefficient (Wildman–Crippen LogP) is 3.33. The molecule has 1 N–H and O–H groups in total. The Hall–Kier alpha value is -2.49. The molecule has 0 amide bonds. The standard InChI is InChI=1S/C17H17N3O/c1-2-3-6-14-13-7-4-5-8-15(13)20-17(21)16(14)12-9-18-11-19-10-12/h4-5,7-11H,2-3,6H2,1H3,(H,20,21). The van der Waals surface area contributed by atoms with Crippen molar-refractivity contribution in [3.8, 4) is 11.1 Å². The summed E-state index contributed by atoms with van der Waals surface area (Å²) in [5.41, 5.74) is 3.37. The first-order chi connectivity index (χ1) is 10.3. The largest absolute Gasteiger partial charge is 0.321 e. The summed E-state index contributed by atoms with van der Waals surface area (Å²) in [4.78, 5) is 23.5. The minimum absolute atomic E-state index is 0.0744. The molecule has 3 rings (SSSR count). The molecule has 0 unspecified atom stereocenters. The summed E-state index contributed by atoms with van der Waals surface area (Å²) in [5, 5.41) is 1.10. The van der Waals surface area contributed by atoms with Crippen LogP contribution in [0.3, 0.4) is 0 Å². The zero-order chi connectivity index (χ0) is 14.7. The number of unbranched alkanes of at least 4 members (excludes halogenated alkanes) is 1. The Labute approximate surface area is 122 Å². The Balaban J connectivity index is 2.31. The third-order valence-electron chi connectivity index (χ3n) is 3.66. The van der Waals surface area contributed by atoms with Gasteiger partial charge in [-0.3, -0.25) is 4.79 Å². The molecular weight excluding hydrogens is 262 g/mol. The minimum atomic E-state index is -0.0744. The minimum Gasteiger partial charge on any atom is -0.321 e. The summed E-state index contributed by atoms with van der Waals surface area (Å²) < 4.78 is 0. The first-order valence-electron chi connectivity index (χ1n) is 7.20. The summed E-state index contributed by atoms with van der Waals surface area (Å²) in [7, 11) is 0. The number of rotatable bonds is 4. The van der Waals surface area contributed by atoms with Gasteiger partial charge in [-0.25, -0.2) is 9.97 Å². The van der Waals surface area contributed by atoms with Crippen molar-refractivity contribution in [3.05, 3.63) is 58.9 Å². The maximum Gasteiger partial charge on any atom is 0.256 e. The van der Waals surface area contributed by atoms with Gasteiger partial charge in [0.05, 0.1) is 5.56 Å². The quantitative estimate of drug-likeness (QED) is 0.797. The number of pyridine rings is 1. The van der Waals surface area contributed by atoms with Crippen LogP contribution >= 0.6 is 0 Å². The number of nitrogens with one attached hydrogen (secondary N) is 1. The summed E-state index contributed by atoms with van der Waals surface area (Å²) in [5.74, 6) is 0. The van der Waals surface area contributed by atoms with Crippen LogP contribution < -0.4 is 5.56 Å². The van der Waals surface area contributed by atoms with Gasteiger partial charge in [-0.05, 0) is 24.5 Å². The smallest absolute Gasteiger partial charge is 0.256 e. The van der Waals surface area contributed by atoms with Crippen molar-refractivity contribution in [2.24, 2.45) is 0 Å². The van der Waals surface area contributed by atoms with Gasteiger partial charge in [0, 0.05) is 28.9 Å². The molecule has 0 aliphatic rings. The lowest BCUT2D eigenvalue weighted by molar-refractivity contribution is 0.798. The molecule has 0 radical (unpaired) electrons. The molecule has 106 valence electrons. The number of benzene rings is 1. The normalized spacial score (nSPS) is 10.9. The zero-order valence-corrected chi connectivity index (χ0v) is 12.0. The van der Waals surface area contributed by atoms with Crippen LogP contribution in [-0.4, -0.2) is 15.0 Å². The highest BCUT2D eigenvalue weighted by Crippen LogP contribution is 2.26. The molecule has 4 nitrogen and oxygen atoms in total. The fourth-order valence-corrected chi connectivity index (χ4v) is 2.66. The van der Waals surface area contributed by atoms with E-state index in [1.165, 1.54) is 6.33 Å². The van der Waals surface area contributed by atoms with Crippen LogP contribution in [0.15, 0.2) is 47.8 Å². The molecule has 0 fully saturated rings. The highest BCUT2D eigenvalue weighted by Gasteiger charge is 2.14. The Morgan fingerprint density at radius 3 is 2.67 bits per heavy atom. The van der Waals surface area contributed by atoms with Gasteiger partial charge in [-0.15, -0.1) is 0 Å². The number of hydrogen-bond acceptors (Lipinski definition) is 3. The van der Waals surface area contributed by atoms with Crippen LogP contribution in [0.4, 0.5) is 0 Å². The Morgan fingerprint density at radius 2 is 1.90 bits per heavy atom. The first-order valence-corrected chi connectivity index (χ1v) is 7.20. The lowest BCUT2D eigenvalue weighted by atomic mass is 9.95. The van der Waals surface area contributed by atoms with E-state index in [1.807, 2.05) is 18.2 Å². The number of aromatic nitrogens is 3. The average Bonchev–Trinajstić information content (AvgIpc) is 2.53. The van der Waals surface area contributed by atoms with Crippen molar-refractivity contribution in [3.63, 3.8) is 0 Å². The van der Waals surface area contributed by atoms with E-state index in [4.69, 9.17) is 0 Å². The van der Waals surface area contributed by atoms with Gasteiger partial charge < -0.3 is 4.98 Å². The highest BCUT2D eigenvalue weighted by molar-refractivity contribution is 5.88. The van der Waals surface area contributed by atoms with E-state index in [9.17, 15) is 4.79 Å². The van der Waals surface area contributed by atoms with E-state index in [-0.39, 0.29) is 5.56 Å².